The van der Waals surface area contributed by atoms with Crippen molar-refractivity contribution in [3.8, 4) is 0 Å². The molecule has 0 atom stereocenters. The molecule has 0 aliphatic rings. The van der Waals surface area contributed by atoms with E-state index in [4.69, 9.17) is 5.11 Å². The summed E-state index contributed by atoms with van der Waals surface area (Å²) in [6.45, 7) is 0.853. The van der Waals surface area contributed by atoms with E-state index in [1.54, 1.807) is 0 Å². The average molecular weight is 204 g/mol. The average Bonchev–Trinajstić information content (AvgIpc) is 1.63. The van der Waals surface area contributed by atoms with Gasteiger partial charge in [0.05, 0.1) is 0 Å². The highest BCUT2D eigenvalue weighted by Crippen LogP contribution is 1.89. The third-order valence-electron chi connectivity index (χ3n) is 0.996. The van der Waals surface area contributed by atoms with Crippen LogP contribution in [0.15, 0.2) is 0 Å². The van der Waals surface area contributed by atoms with Crippen LogP contribution in [0.3, 0.4) is 0 Å². The van der Waals surface area contributed by atoms with Crippen LogP contribution in [-0.2, 0) is 4.79 Å². The molecule has 3 nitrogen and oxygen atoms in total. The van der Waals surface area contributed by atoms with Crippen molar-refractivity contribution in [3.63, 3.8) is 0 Å². The molecule has 0 aromatic rings. The molecule has 0 aromatic heterocycles. The molecular weight excluding hydrogens is 189 g/mol. The summed E-state index contributed by atoms with van der Waals surface area (Å²) < 4.78 is 0. The minimum absolute atomic E-state index is 0. The number of aliphatic carboxylic acids is 1. The van der Waals surface area contributed by atoms with Gasteiger partial charge in [0.25, 0.3) is 0 Å². The molecule has 0 rings (SSSR count). The first-order valence-corrected chi connectivity index (χ1v) is 2.99. The Hall–Kier alpha value is 0.01000. The smallest absolute Gasteiger partial charge is 0.303 e. The van der Waals surface area contributed by atoms with Crippen molar-refractivity contribution < 1.29 is 9.90 Å². The number of halogens is 2. The van der Waals surface area contributed by atoms with Gasteiger partial charge in [-0.05, 0) is 27.1 Å². The van der Waals surface area contributed by atoms with Gasteiger partial charge in [0.15, 0.2) is 0 Å². The van der Waals surface area contributed by atoms with Gasteiger partial charge < -0.3 is 10.0 Å². The highest BCUT2D eigenvalue weighted by Gasteiger charge is 1.95. The number of hydrogen-bond acceptors (Lipinski definition) is 2. The van der Waals surface area contributed by atoms with Crippen molar-refractivity contribution in [1.29, 1.82) is 0 Å². The van der Waals surface area contributed by atoms with Crippen LogP contribution in [-0.4, -0.2) is 36.6 Å². The molecule has 0 aromatic carbocycles. The number of hydrogen-bond donors (Lipinski definition) is 1. The molecule has 0 amide bonds. The van der Waals surface area contributed by atoms with E-state index in [9.17, 15) is 4.79 Å². The minimum atomic E-state index is -0.711. The maximum Gasteiger partial charge on any atom is 0.303 e. The summed E-state index contributed by atoms with van der Waals surface area (Å²) in [6, 6.07) is 0. The number of carbonyl (C=O) groups is 1. The summed E-state index contributed by atoms with van der Waals surface area (Å²) in [5.74, 6) is -0.711. The normalized spacial score (nSPS) is 8.27. The maximum atomic E-state index is 9.96. The Balaban J connectivity index is -0.000000320. The zero-order valence-electron chi connectivity index (χ0n) is 6.74. The number of carboxylic acid groups (broad SMARTS) is 1. The molecule has 0 unspecified atom stereocenters. The second-order valence-corrected chi connectivity index (χ2v) is 2.30. The van der Waals surface area contributed by atoms with Crippen LogP contribution in [0.1, 0.15) is 12.8 Å². The summed E-state index contributed by atoms with van der Waals surface area (Å²) in [4.78, 5) is 11.9. The highest BCUT2D eigenvalue weighted by molar-refractivity contribution is 5.85. The van der Waals surface area contributed by atoms with E-state index in [1.807, 2.05) is 19.0 Å². The first kappa shape index (κ1) is 17.2. The van der Waals surface area contributed by atoms with Crippen molar-refractivity contribution >= 4 is 30.8 Å². The summed E-state index contributed by atoms with van der Waals surface area (Å²) in [7, 11) is 3.86. The molecule has 0 heterocycles. The molecule has 0 bridgehead atoms. The molecular formula is C6H15Cl2NO2. The number of rotatable bonds is 4. The van der Waals surface area contributed by atoms with Crippen molar-refractivity contribution in [2.45, 2.75) is 12.8 Å². The Bertz CT molecular complexity index is 98.6. The summed E-state index contributed by atoms with van der Waals surface area (Å²) in [6.07, 6.45) is 1.01. The van der Waals surface area contributed by atoms with Crippen LogP contribution in [0.25, 0.3) is 0 Å². The third-order valence-corrected chi connectivity index (χ3v) is 0.996. The number of carboxylic acids is 1. The highest BCUT2D eigenvalue weighted by atomic mass is 35.5. The largest absolute Gasteiger partial charge is 0.481 e. The van der Waals surface area contributed by atoms with Crippen LogP contribution >= 0.6 is 24.8 Å². The van der Waals surface area contributed by atoms with Crippen molar-refractivity contribution in [2.75, 3.05) is 20.6 Å². The Labute approximate surface area is 79.6 Å². The van der Waals surface area contributed by atoms with Gasteiger partial charge in [0, 0.05) is 6.42 Å². The van der Waals surface area contributed by atoms with Gasteiger partial charge in [0.2, 0.25) is 0 Å². The lowest BCUT2D eigenvalue weighted by Gasteiger charge is -2.06. The predicted octanol–water partition coefficient (Wildman–Crippen LogP) is 1.26. The summed E-state index contributed by atoms with van der Waals surface area (Å²) >= 11 is 0. The summed E-state index contributed by atoms with van der Waals surface area (Å²) in [5.41, 5.74) is 0. The van der Waals surface area contributed by atoms with Gasteiger partial charge in [-0.25, -0.2) is 0 Å². The van der Waals surface area contributed by atoms with Gasteiger partial charge in [-0.2, -0.15) is 0 Å². The molecule has 5 heteroatoms. The maximum absolute atomic E-state index is 9.96. The molecule has 0 saturated carbocycles. The molecule has 0 fully saturated rings. The van der Waals surface area contributed by atoms with Crippen LogP contribution < -0.4 is 0 Å². The van der Waals surface area contributed by atoms with Gasteiger partial charge >= 0.3 is 5.97 Å². The van der Waals surface area contributed by atoms with Crippen molar-refractivity contribution in [2.24, 2.45) is 0 Å². The van der Waals surface area contributed by atoms with Crippen LogP contribution in [0.2, 0.25) is 0 Å². The Morgan fingerprint density at radius 2 is 1.82 bits per heavy atom. The molecule has 0 saturated heterocycles. The van der Waals surface area contributed by atoms with Gasteiger partial charge in [-0.1, -0.05) is 0 Å². The summed E-state index contributed by atoms with van der Waals surface area (Å²) in [5, 5.41) is 8.21. The zero-order chi connectivity index (χ0) is 7.28. The van der Waals surface area contributed by atoms with Crippen molar-refractivity contribution in [1.82, 2.24) is 4.90 Å². The standard InChI is InChI=1S/C6H13NO2.2ClH/c1-7(2)5-3-4-6(8)9;;/h3-5H2,1-2H3,(H,8,9);2*1H. The monoisotopic (exact) mass is 203 g/mol. The lowest BCUT2D eigenvalue weighted by Crippen LogP contribution is -2.13. The second kappa shape index (κ2) is 10.0. The fourth-order valence-electron chi connectivity index (χ4n) is 0.547. The molecule has 0 aliphatic heterocycles. The first-order valence-electron chi connectivity index (χ1n) is 2.99. The van der Waals surface area contributed by atoms with Crippen LogP contribution in [0, 0.1) is 0 Å². The lowest BCUT2D eigenvalue weighted by molar-refractivity contribution is -0.137. The van der Waals surface area contributed by atoms with Gasteiger partial charge in [-0.3, -0.25) is 4.79 Å². The number of nitrogens with zero attached hydrogens (tertiary/aromatic N) is 1. The van der Waals surface area contributed by atoms with E-state index >= 15 is 0 Å². The quantitative estimate of drug-likeness (QED) is 0.749. The third kappa shape index (κ3) is 17.8. The van der Waals surface area contributed by atoms with Crippen LogP contribution in [0.4, 0.5) is 0 Å². The van der Waals surface area contributed by atoms with E-state index in [1.165, 1.54) is 0 Å². The molecule has 1 N–H and O–H groups in total. The lowest BCUT2D eigenvalue weighted by atomic mass is 10.3. The Kier molecular flexibility index (Phi) is 15.6. The van der Waals surface area contributed by atoms with E-state index in [0.29, 0.717) is 0 Å². The van der Waals surface area contributed by atoms with E-state index in [2.05, 4.69) is 0 Å². The minimum Gasteiger partial charge on any atom is -0.481 e. The van der Waals surface area contributed by atoms with Crippen molar-refractivity contribution in [3.05, 3.63) is 0 Å². The second-order valence-electron chi connectivity index (χ2n) is 2.30. The molecule has 11 heavy (non-hydrogen) atoms. The fraction of sp³-hybridized carbons (Fsp3) is 0.833. The topological polar surface area (TPSA) is 40.5 Å². The van der Waals surface area contributed by atoms with Gasteiger partial charge in [-0.15, -0.1) is 24.8 Å². The molecule has 70 valence electrons. The molecule has 0 radical (unpaired) electrons. The Morgan fingerprint density at radius 1 is 1.36 bits per heavy atom. The predicted molar refractivity (Wildman–Crippen MR) is 49.9 cm³/mol. The van der Waals surface area contributed by atoms with E-state index in [-0.39, 0.29) is 31.2 Å². The first-order chi connectivity index (χ1) is 4.13. The fourth-order valence-corrected chi connectivity index (χ4v) is 0.547. The molecule has 0 spiro atoms. The van der Waals surface area contributed by atoms with Gasteiger partial charge in [0.1, 0.15) is 0 Å². The SMILES string of the molecule is CN(C)CCCC(=O)O.Cl.Cl. The zero-order valence-corrected chi connectivity index (χ0v) is 8.37. The Morgan fingerprint density at radius 3 is 2.09 bits per heavy atom. The van der Waals surface area contributed by atoms with E-state index in [0.717, 1.165) is 13.0 Å². The molecule has 0 aliphatic carbocycles. The van der Waals surface area contributed by atoms with Crippen LogP contribution in [0.5, 0.6) is 0 Å². The van der Waals surface area contributed by atoms with E-state index < -0.39 is 5.97 Å².